The number of fused-ring (bicyclic) bond motifs is 1. The number of benzene rings is 1. The number of halogens is 3. The first-order valence-corrected chi connectivity index (χ1v) is 8.35. The van der Waals surface area contributed by atoms with Gasteiger partial charge in [0.1, 0.15) is 0 Å². The highest BCUT2D eigenvalue weighted by atomic mass is 19.4. The smallest absolute Gasteiger partial charge is 0.408 e. The molecule has 0 heterocycles. The van der Waals surface area contributed by atoms with E-state index < -0.39 is 47.0 Å². The van der Waals surface area contributed by atoms with Gasteiger partial charge in [0.2, 0.25) is 0 Å². The van der Waals surface area contributed by atoms with Crippen LogP contribution in [0.15, 0.2) is 41.9 Å². The Balaban J connectivity index is 2.25. The van der Waals surface area contributed by atoms with Crippen molar-refractivity contribution < 1.29 is 32.2 Å². The average molecular weight is 368 g/mol. The highest BCUT2D eigenvalue weighted by molar-refractivity contribution is 5.97. The summed E-state index contributed by atoms with van der Waals surface area (Å²) in [5, 5.41) is 0. The fraction of sp³-hybridized carbons (Fsp3) is 0.474. The lowest BCUT2D eigenvalue weighted by Crippen LogP contribution is -2.59. The Bertz CT molecular complexity index is 767. The van der Waals surface area contributed by atoms with Crippen LogP contribution in [0.4, 0.5) is 13.2 Å². The van der Waals surface area contributed by atoms with Crippen LogP contribution in [0.3, 0.4) is 0 Å². The van der Waals surface area contributed by atoms with E-state index in [2.05, 4.69) is 0 Å². The second kappa shape index (κ2) is 6.14. The Morgan fingerprint density at radius 3 is 2.31 bits per heavy atom. The third kappa shape index (κ3) is 2.52. The second-order valence-electron chi connectivity index (χ2n) is 6.88. The average Bonchev–Trinajstić information content (AvgIpc) is 2.72. The number of carbonyl (C=O) groups is 2. The zero-order chi connectivity index (χ0) is 19.3. The predicted octanol–water partition coefficient (Wildman–Crippen LogP) is 4.12. The summed E-state index contributed by atoms with van der Waals surface area (Å²) in [4.78, 5) is 23.9. The highest BCUT2D eigenvalue weighted by Crippen LogP contribution is 2.69. The summed E-state index contributed by atoms with van der Waals surface area (Å²) in [7, 11) is 0. The third-order valence-corrected chi connectivity index (χ3v) is 4.88. The van der Waals surface area contributed by atoms with Gasteiger partial charge < -0.3 is 9.47 Å². The molecule has 2 aliphatic carbocycles. The minimum atomic E-state index is -4.84. The van der Waals surface area contributed by atoms with E-state index in [1.54, 1.807) is 44.2 Å². The largest absolute Gasteiger partial charge is 0.490 e. The van der Waals surface area contributed by atoms with E-state index in [1.807, 2.05) is 0 Å². The first-order chi connectivity index (χ1) is 12.1. The molecule has 2 aliphatic rings. The molecule has 0 saturated heterocycles. The molecule has 0 radical (unpaired) electrons. The van der Waals surface area contributed by atoms with Crippen molar-refractivity contribution >= 4 is 11.8 Å². The van der Waals surface area contributed by atoms with Crippen LogP contribution in [0.2, 0.25) is 0 Å². The Kier molecular flexibility index (Phi) is 4.37. The molecule has 1 aromatic carbocycles. The Hall–Kier alpha value is -2.31. The Labute approximate surface area is 149 Å². The van der Waals surface area contributed by atoms with E-state index in [1.165, 1.54) is 0 Å². The third-order valence-electron chi connectivity index (χ3n) is 4.88. The molecule has 0 aliphatic heterocycles. The van der Waals surface area contributed by atoms with Gasteiger partial charge in [-0.3, -0.25) is 9.59 Å². The maximum Gasteiger partial charge on any atom is 0.408 e. The molecule has 7 heteroatoms. The van der Waals surface area contributed by atoms with Crippen LogP contribution >= 0.6 is 0 Å². The van der Waals surface area contributed by atoms with Crippen LogP contribution in [-0.2, 0) is 19.1 Å². The number of ketones is 1. The van der Waals surface area contributed by atoms with Crippen molar-refractivity contribution in [2.75, 3.05) is 0 Å². The Morgan fingerprint density at radius 2 is 1.85 bits per heavy atom. The van der Waals surface area contributed by atoms with Gasteiger partial charge in [-0.25, -0.2) is 0 Å². The number of hydrogen-bond donors (Lipinski definition) is 0. The topological polar surface area (TPSA) is 52.6 Å². The number of alkyl halides is 3. The van der Waals surface area contributed by atoms with Crippen molar-refractivity contribution in [2.45, 2.75) is 45.4 Å². The Morgan fingerprint density at radius 1 is 1.23 bits per heavy atom. The molecule has 140 valence electrons. The number of rotatable bonds is 4. The molecule has 0 spiro atoms. The van der Waals surface area contributed by atoms with Crippen LogP contribution < -0.4 is 0 Å². The summed E-state index contributed by atoms with van der Waals surface area (Å²) in [5.74, 6) is -4.42. The van der Waals surface area contributed by atoms with Gasteiger partial charge in [0.25, 0.3) is 0 Å². The molecule has 26 heavy (non-hydrogen) atoms. The maximum absolute atomic E-state index is 14.1. The zero-order valence-electron chi connectivity index (χ0n) is 14.6. The molecule has 0 unspecified atom stereocenters. The lowest BCUT2D eigenvalue weighted by Gasteiger charge is -2.46. The second-order valence-corrected chi connectivity index (χ2v) is 6.88. The quantitative estimate of drug-likeness (QED) is 0.750. The van der Waals surface area contributed by atoms with Crippen molar-refractivity contribution in [3.05, 3.63) is 47.4 Å². The van der Waals surface area contributed by atoms with Gasteiger partial charge in [0.05, 0.1) is 12.0 Å². The van der Waals surface area contributed by atoms with E-state index in [0.717, 1.165) is 6.92 Å². The van der Waals surface area contributed by atoms with Crippen molar-refractivity contribution in [1.29, 1.82) is 0 Å². The number of esters is 1. The van der Waals surface area contributed by atoms with Crippen molar-refractivity contribution in [2.24, 2.45) is 11.3 Å². The van der Waals surface area contributed by atoms with Gasteiger partial charge in [-0.15, -0.1) is 0 Å². The number of carbonyl (C=O) groups excluding carboxylic acids is 2. The summed E-state index contributed by atoms with van der Waals surface area (Å²) in [5.41, 5.74) is -2.19. The van der Waals surface area contributed by atoms with Crippen LogP contribution in [0.1, 0.15) is 38.7 Å². The number of Topliss-reactive ketones (excluding diaryl/α,β-unsaturated/α-hetero) is 1. The van der Waals surface area contributed by atoms with Crippen LogP contribution in [0.5, 0.6) is 0 Å². The molecule has 1 saturated carbocycles. The summed E-state index contributed by atoms with van der Waals surface area (Å²) in [6, 6.07) is 8.45. The standard InChI is InChI=1S/C19H19F3O4/c1-10(2)25-17-16(26-11(3)23)15(12-7-5-4-6-8-12)13-9-14(24)18(13,17)19(20,21)22/h4-8,10,13,15H,9H2,1-3H3/t13-,15+,18+/m0/s1. The normalized spacial score (nSPS) is 28.0. The van der Waals surface area contributed by atoms with Crippen molar-refractivity contribution in [3.8, 4) is 0 Å². The van der Waals surface area contributed by atoms with Gasteiger partial charge >= 0.3 is 12.1 Å². The minimum absolute atomic E-state index is 0.203. The highest BCUT2D eigenvalue weighted by Gasteiger charge is 2.79. The van der Waals surface area contributed by atoms with Gasteiger partial charge in [0.15, 0.2) is 22.7 Å². The van der Waals surface area contributed by atoms with E-state index in [9.17, 15) is 22.8 Å². The number of ether oxygens (including phenoxy) is 2. The fourth-order valence-electron chi connectivity index (χ4n) is 3.96. The van der Waals surface area contributed by atoms with E-state index in [4.69, 9.17) is 9.47 Å². The van der Waals surface area contributed by atoms with Crippen molar-refractivity contribution in [3.63, 3.8) is 0 Å². The summed E-state index contributed by atoms with van der Waals surface area (Å²) in [6.07, 6.45) is -5.70. The zero-order valence-corrected chi connectivity index (χ0v) is 14.6. The van der Waals surface area contributed by atoms with Crippen LogP contribution in [-0.4, -0.2) is 24.0 Å². The molecule has 1 fully saturated rings. The first-order valence-electron chi connectivity index (χ1n) is 8.35. The summed E-state index contributed by atoms with van der Waals surface area (Å²) < 4.78 is 53.0. The number of hydrogen-bond acceptors (Lipinski definition) is 4. The molecule has 3 atom stereocenters. The molecular weight excluding hydrogens is 349 g/mol. The summed E-state index contributed by atoms with van der Waals surface area (Å²) >= 11 is 0. The molecule has 0 bridgehead atoms. The molecule has 1 aromatic rings. The van der Waals surface area contributed by atoms with Crippen LogP contribution in [0.25, 0.3) is 0 Å². The maximum atomic E-state index is 14.1. The SMILES string of the molecule is CC(=O)OC1=C(OC(C)C)[C@]2(C(F)(F)F)C(=O)C[C@H]2[C@H]1c1ccccc1. The van der Waals surface area contributed by atoms with E-state index in [0.29, 0.717) is 5.56 Å². The molecule has 3 rings (SSSR count). The summed E-state index contributed by atoms with van der Waals surface area (Å²) in [6.45, 7) is 4.25. The molecule has 0 amide bonds. The van der Waals surface area contributed by atoms with Gasteiger partial charge in [0, 0.05) is 19.3 Å². The van der Waals surface area contributed by atoms with E-state index >= 15 is 0 Å². The fourth-order valence-corrected chi connectivity index (χ4v) is 3.96. The van der Waals surface area contributed by atoms with Gasteiger partial charge in [-0.2, -0.15) is 13.2 Å². The molecule has 0 aromatic heterocycles. The predicted molar refractivity (Wildman–Crippen MR) is 85.8 cm³/mol. The van der Waals surface area contributed by atoms with Gasteiger partial charge in [-0.05, 0) is 19.4 Å². The molecular formula is C19H19F3O4. The number of allylic oxidation sites excluding steroid dienone is 2. The molecule has 0 N–H and O–H groups in total. The van der Waals surface area contributed by atoms with Gasteiger partial charge in [-0.1, -0.05) is 30.3 Å². The lowest BCUT2D eigenvalue weighted by atomic mass is 9.56. The van der Waals surface area contributed by atoms with Crippen LogP contribution in [0, 0.1) is 11.3 Å². The van der Waals surface area contributed by atoms with Crippen molar-refractivity contribution in [1.82, 2.24) is 0 Å². The molecule has 4 nitrogen and oxygen atoms in total. The minimum Gasteiger partial charge on any atom is -0.490 e. The first kappa shape index (κ1) is 18.5. The van der Waals surface area contributed by atoms with E-state index in [-0.39, 0.29) is 12.2 Å². The monoisotopic (exact) mass is 368 g/mol. The lowest BCUT2D eigenvalue weighted by molar-refractivity contribution is -0.249.